The van der Waals surface area contributed by atoms with Crippen molar-refractivity contribution in [1.82, 2.24) is 4.90 Å². The quantitative estimate of drug-likeness (QED) is 0.731. The zero-order valence-corrected chi connectivity index (χ0v) is 16.4. The summed E-state index contributed by atoms with van der Waals surface area (Å²) >= 11 is 18.3. The third-order valence-electron chi connectivity index (χ3n) is 3.91. The molecule has 0 bridgehead atoms. The molecular formula is C18H19Cl3N2O2. The molecule has 0 saturated carbocycles. The smallest absolute Gasteiger partial charge is 0.241 e. The number of hydrogen-bond donors (Lipinski definition) is 1. The van der Waals surface area contributed by atoms with E-state index in [1.165, 1.54) is 7.11 Å². The third kappa shape index (κ3) is 5.02. The number of likely N-dealkylation sites (N-methyl/N-ethyl adjacent to an activating group) is 1. The van der Waals surface area contributed by atoms with E-state index >= 15 is 0 Å². The average molecular weight is 402 g/mol. The van der Waals surface area contributed by atoms with E-state index in [0.29, 0.717) is 33.0 Å². The number of carbonyl (C=O) groups excluding carboxylic acids is 1. The van der Waals surface area contributed by atoms with E-state index in [-0.39, 0.29) is 5.91 Å². The van der Waals surface area contributed by atoms with Crippen molar-refractivity contribution in [3.8, 4) is 5.75 Å². The molecule has 4 nitrogen and oxygen atoms in total. The van der Waals surface area contributed by atoms with Crippen molar-refractivity contribution in [2.24, 2.45) is 0 Å². The Bertz CT molecular complexity index is 768. The second-order valence-electron chi connectivity index (χ2n) is 5.64. The molecule has 2 aromatic rings. The van der Waals surface area contributed by atoms with Crippen LogP contribution in [0.5, 0.6) is 5.75 Å². The van der Waals surface area contributed by atoms with Gasteiger partial charge in [-0.05, 0) is 43.8 Å². The molecule has 2 rings (SSSR count). The van der Waals surface area contributed by atoms with Gasteiger partial charge < -0.3 is 10.1 Å². The van der Waals surface area contributed by atoms with E-state index < -0.39 is 6.04 Å². The molecule has 7 heteroatoms. The van der Waals surface area contributed by atoms with Crippen LogP contribution >= 0.6 is 34.8 Å². The number of nitrogens with one attached hydrogen (secondary N) is 1. The minimum atomic E-state index is -0.404. The second-order valence-corrected chi connectivity index (χ2v) is 6.86. The van der Waals surface area contributed by atoms with Gasteiger partial charge in [0.25, 0.3) is 0 Å². The number of benzene rings is 2. The molecule has 0 spiro atoms. The van der Waals surface area contributed by atoms with Gasteiger partial charge in [0, 0.05) is 11.6 Å². The first-order valence-electron chi connectivity index (χ1n) is 7.61. The Labute approximate surface area is 162 Å². The van der Waals surface area contributed by atoms with Crippen LogP contribution in [0.15, 0.2) is 36.4 Å². The molecule has 0 saturated heterocycles. The van der Waals surface area contributed by atoms with Gasteiger partial charge in [-0.2, -0.15) is 0 Å². The van der Waals surface area contributed by atoms with E-state index in [1.807, 2.05) is 31.0 Å². The molecule has 0 unspecified atom stereocenters. The predicted molar refractivity (Wildman–Crippen MR) is 104 cm³/mol. The molecule has 1 N–H and O–H groups in total. The van der Waals surface area contributed by atoms with Crippen molar-refractivity contribution in [2.45, 2.75) is 19.5 Å². The zero-order chi connectivity index (χ0) is 18.6. The first-order valence-corrected chi connectivity index (χ1v) is 8.74. The highest BCUT2D eigenvalue weighted by Gasteiger charge is 2.20. The number of anilines is 1. The van der Waals surface area contributed by atoms with Crippen molar-refractivity contribution < 1.29 is 9.53 Å². The standard InChI is InChI=1S/C18H19Cl3N2O2/c1-11(23(2)10-12-5-4-6-14(20)17(12)21)18(24)22-15-9-13(19)7-8-16(15)25-3/h4-9,11H,10H2,1-3H3,(H,22,24)/t11-/m0/s1. The monoisotopic (exact) mass is 400 g/mol. The molecule has 0 radical (unpaired) electrons. The minimum absolute atomic E-state index is 0.179. The SMILES string of the molecule is COc1ccc(Cl)cc1NC(=O)[C@H](C)N(C)Cc1cccc(Cl)c1Cl. The Morgan fingerprint density at radius 3 is 2.64 bits per heavy atom. The summed E-state index contributed by atoms with van der Waals surface area (Å²) in [6, 6.07) is 10.1. The number of ether oxygens (including phenoxy) is 1. The molecule has 0 aliphatic heterocycles. The molecule has 2 aromatic carbocycles. The highest BCUT2D eigenvalue weighted by atomic mass is 35.5. The first-order chi connectivity index (χ1) is 11.8. The summed E-state index contributed by atoms with van der Waals surface area (Å²) in [5.41, 5.74) is 1.39. The molecular weight excluding hydrogens is 383 g/mol. The molecule has 0 aromatic heterocycles. The van der Waals surface area contributed by atoms with Gasteiger partial charge in [0.2, 0.25) is 5.91 Å². The van der Waals surface area contributed by atoms with E-state index in [2.05, 4.69) is 5.32 Å². The summed E-state index contributed by atoms with van der Waals surface area (Å²) in [5.74, 6) is 0.367. The topological polar surface area (TPSA) is 41.6 Å². The van der Waals surface area contributed by atoms with Crippen LogP contribution in [0.1, 0.15) is 12.5 Å². The van der Waals surface area contributed by atoms with Crippen LogP contribution in [0.4, 0.5) is 5.69 Å². The lowest BCUT2D eigenvalue weighted by atomic mass is 10.1. The number of amides is 1. The summed E-state index contributed by atoms with van der Waals surface area (Å²) < 4.78 is 5.25. The summed E-state index contributed by atoms with van der Waals surface area (Å²) in [5, 5.41) is 4.36. The fourth-order valence-corrected chi connectivity index (χ4v) is 2.84. The highest BCUT2D eigenvalue weighted by molar-refractivity contribution is 6.42. The van der Waals surface area contributed by atoms with Gasteiger partial charge in [0.15, 0.2) is 0 Å². The predicted octanol–water partition coefficient (Wildman–Crippen LogP) is 5.11. The third-order valence-corrected chi connectivity index (χ3v) is 5.00. The van der Waals surface area contributed by atoms with Gasteiger partial charge in [-0.1, -0.05) is 46.9 Å². The maximum atomic E-state index is 12.6. The molecule has 0 aliphatic rings. The number of carbonyl (C=O) groups is 1. The Kier molecular flexibility index (Phi) is 6.96. The molecule has 1 atom stereocenters. The second kappa shape index (κ2) is 8.77. The Hall–Kier alpha value is -1.46. The largest absolute Gasteiger partial charge is 0.495 e. The van der Waals surface area contributed by atoms with Crippen molar-refractivity contribution in [2.75, 3.05) is 19.5 Å². The molecule has 1 amide bonds. The normalized spacial score (nSPS) is 12.1. The molecule has 0 aliphatic carbocycles. The van der Waals surface area contributed by atoms with Crippen molar-refractivity contribution in [3.05, 3.63) is 57.0 Å². The highest BCUT2D eigenvalue weighted by Crippen LogP contribution is 2.29. The van der Waals surface area contributed by atoms with Crippen molar-refractivity contribution >= 4 is 46.4 Å². The number of halogens is 3. The maximum absolute atomic E-state index is 12.6. The van der Waals surface area contributed by atoms with E-state index in [0.717, 1.165) is 5.56 Å². The first kappa shape index (κ1) is 19.9. The van der Waals surface area contributed by atoms with Crippen LogP contribution in [0, 0.1) is 0 Å². The van der Waals surface area contributed by atoms with Crippen LogP contribution in [-0.4, -0.2) is 31.0 Å². The fourth-order valence-electron chi connectivity index (χ4n) is 2.29. The number of hydrogen-bond acceptors (Lipinski definition) is 3. The average Bonchev–Trinajstić information content (AvgIpc) is 2.58. The zero-order valence-electron chi connectivity index (χ0n) is 14.1. The van der Waals surface area contributed by atoms with Crippen LogP contribution in [0.3, 0.4) is 0 Å². The lowest BCUT2D eigenvalue weighted by molar-refractivity contribution is -0.120. The maximum Gasteiger partial charge on any atom is 0.241 e. The Morgan fingerprint density at radius 1 is 1.24 bits per heavy atom. The van der Waals surface area contributed by atoms with Crippen LogP contribution < -0.4 is 10.1 Å². The Balaban J connectivity index is 2.09. The van der Waals surface area contributed by atoms with Gasteiger partial charge in [-0.3, -0.25) is 9.69 Å². The van der Waals surface area contributed by atoms with Crippen LogP contribution in [-0.2, 0) is 11.3 Å². The molecule has 134 valence electrons. The van der Waals surface area contributed by atoms with Gasteiger partial charge in [-0.25, -0.2) is 0 Å². The molecule has 25 heavy (non-hydrogen) atoms. The minimum Gasteiger partial charge on any atom is -0.495 e. The lowest BCUT2D eigenvalue weighted by Gasteiger charge is -2.25. The fraction of sp³-hybridized carbons (Fsp3) is 0.278. The summed E-state index contributed by atoms with van der Waals surface area (Å²) in [6.45, 7) is 2.30. The van der Waals surface area contributed by atoms with Crippen LogP contribution in [0.2, 0.25) is 15.1 Å². The van der Waals surface area contributed by atoms with E-state index in [4.69, 9.17) is 39.5 Å². The van der Waals surface area contributed by atoms with Crippen LogP contribution in [0.25, 0.3) is 0 Å². The number of nitrogens with zero attached hydrogens (tertiary/aromatic N) is 1. The Morgan fingerprint density at radius 2 is 1.96 bits per heavy atom. The van der Waals surface area contributed by atoms with Crippen molar-refractivity contribution in [3.63, 3.8) is 0 Å². The summed E-state index contributed by atoms with van der Waals surface area (Å²) in [4.78, 5) is 14.4. The molecule has 0 heterocycles. The number of methoxy groups -OCH3 is 1. The van der Waals surface area contributed by atoms with Gasteiger partial charge in [0.05, 0.1) is 28.9 Å². The number of rotatable bonds is 6. The van der Waals surface area contributed by atoms with Crippen molar-refractivity contribution in [1.29, 1.82) is 0 Å². The van der Waals surface area contributed by atoms with E-state index in [1.54, 1.807) is 24.3 Å². The van der Waals surface area contributed by atoms with Gasteiger partial charge in [0.1, 0.15) is 5.75 Å². The van der Waals surface area contributed by atoms with E-state index in [9.17, 15) is 4.79 Å². The van der Waals surface area contributed by atoms with Gasteiger partial charge in [-0.15, -0.1) is 0 Å². The molecule has 0 fully saturated rings. The lowest BCUT2D eigenvalue weighted by Crippen LogP contribution is -2.39. The summed E-state index contributed by atoms with van der Waals surface area (Å²) in [7, 11) is 3.38. The van der Waals surface area contributed by atoms with Gasteiger partial charge >= 0.3 is 0 Å². The summed E-state index contributed by atoms with van der Waals surface area (Å²) in [6.07, 6.45) is 0.